The molecule has 6 heteroatoms. The molecule has 3 aromatic carbocycles. The van der Waals surface area contributed by atoms with Gasteiger partial charge in [-0.2, -0.15) is 0 Å². The molecule has 2 heterocycles. The monoisotopic (exact) mass is 434 g/mol. The summed E-state index contributed by atoms with van der Waals surface area (Å²) in [5, 5.41) is 2.70. The molecule has 0 saturated heterocycles. The Hall–Kier alpha value is -4.45. The van der Waals surface area contributed by atoms with Gasteiger partial charge in [-0.15, -0.1) is 0 Å². The fourth-order valence-electron chi connectivity index (χ4n) is 3.75. The molecule has 0 radical (unpaired) electrons. The van der Waals surface area contributed by atoms with Crippen LogP contribution in [0.1, 0.15) is 21.6 Å². The van der Waals surface area contributed by atoms with E-state index in [9.17, 15) is 9.59 Å². The summed E-state index contributed by atoms with van der Waals surface area (Å²) in [6, 6.07) is 26.6. The molecule has 0 saturated carbocycles. The fourth-order valence-corrected chi connectivity index (χ4v) is 3.75. The number of aryl methyl sites for hydroxylation is 1. The Bertz CT molecular complexity index is 1410. The van der Waals surface area contributed by atoms with Crippen LogP contribution in [-0.2, 0) is 11.3 Å². The Labute approximate surface area is 190 Å². The van der Waals surface area contributed by atoms with Crippen LogP contribution in [0.3, 0.4) is 0 Å². The van der Waals surface area contributed by atoms with E-state index < -0.39 is 11.7 Å². The number of hydrogen-bond donors (Lipinski definition) is 2. The van der Waals surface area contributed by atoms with Gasteiger partial charge in [0.05, 0.1) is 16.7 Å². The molecule has 6 nitrogen and oxygen atoms in total. The lowest BCUT2D eigenvalue weighted by Crippen LogP contribution is -2.25. The predicted molar refractivity (Wildman–Crippen MR) is 129 cm³/mol. The van der Waals surface area contributed by atoms with Crippen molar-refractivity contribution in [3.63, 3.8) is 0 Å². The Morgan fingerprint density at radius 3 is 2.42 bits per heavy atom. The molecular weight excluding hydrogens is 412 g/mol. The van der Waals surface area contributed by atoms with Crippen molar-refractivity contribution in [2.75, 3.05) is 5.32 Å². The second-order valence-corrected chi connectivity index (χ2v) is 7.97. The molecule has 0 spiro atoms. The van der Waals surface area contributed by atoms with Crippen molar-refractivity contribution >= 4 is 28.4 Å². The van der Waals surface area contributed by atoms with Gasteiger partial charge in [0.1, 0.15) is 5.82 Å². The van der Waals surface area contributed by atoms with E-state index in [2.05, 4.69) is 15.3 Å². The quantitative estimate of drug-likeness (QED) is 0.284. The van der Waals surface area contributed by atoms with Gasteiger partial charge >= 0.3 is 0 Å². The van der Waals surface area contributed by atoms with Crippen LogP contribution < -0.4 is 5.32 Å². The van der Waals surface area contributed by atoms with Crippen LogP contribution in [-0.4, -0.2) is 26.2 Å². The summed E-state index contributed by atoms with van der Waals surface area (Å²) >= 11 is 0. The highest BCUT2D eigenvalue weighted by Crippen LogP contribution is 2.22. The molecule has 5 rings (SSSR count). The van der Waals surface area contributed by atoms with Gasteiger partial charge in [-0.1, -0.05) is 42.0 Å². The van der Waals surface area contributed by atoms with Gasteiger partial charge in [0, 0.05) is 24.0 Å². The second-order valence-electron chi connectivity index (χ2n) is 7.97. The van der Waals surface area contributed by atoms with Crippen molar-refractivity contribution < 1.29 is 9.59 Å². The Balaban J connectivity index is 1.28. The molecule has 0 aliphatic heterocycles. The first-order valence-electron chi connectivity index (χ1n) is 10.7. The number of aromatic amines is 1. The minimum atomic E-state index is -0.671. The van der Waals surface area contributed by atoms with Gasteiger partial charge in [0.2, 0.25) is 0 Å². The Kier molecular flexibility index (Phi) is 5.32. The van der Waals surface area contributed by atoms with Gasteiger partial charge in [-0.25, -0.2) is 4.98 Å². The number of imidazole rings is 1. The van der Waals surface area contributed by atoms with Gasteiger partial charge in [-0.3, -0.25) is 9.59 Å². The third kappa shape index (κ3) is 4.32. The molecule has 5 aromatic rings. The highest BCUT2D eigenvalue weighted by atomic mass is 16.2. The Morgan fingerprint density at radius 1 is 0.909 bits per heavy atom. The maximum Gasteiger partial charge on any atom is 0.298 e. The third-order valence-corrected chi connectivity index (χ3v) is 5.55. The van der Waals surface area contributed by atoms with E-state index in [1.54, 1.807) is 28.8 Å². The molecule has 33 heavy (non-hydrogen) atoms. The number of amides is 1. The van der Waals surface area contributed by atoms with Crippen LogP contribution in [0, 0.1) is 6.92 Å². The van der Waals surface area contributed by atoms with Gasteiger partial charge < -0.3 is 14.9 Å². The number of nitrogens with one attached hydrogen (secondary N) is 2. The van der Waals surface area contributed by atoms with Crippen molar-refractivity contribution in [2.45, 2.75) is 13.5 Å². The van der Waals surface area contributed by atoms with Gasteiger partial charge in [0.25, 0.3) is 11.7 Å². The number of benzene rings is 3. The van der Waals surface area contributed by atoms with E-state index in [4.69, 9.17) is 0 Å². The van der Waals surface area contributed by atoms with Gasteiger partial charge in [-0.05, 0) is 61.0 Å². The first-order chi connectivity index (χ1) is 16.1. The molecule has 0 aliphatic rings. The number of hydrogen-bond acceptors (Lipinski definition) is 3. The van der Waals surface area contributed by atoms with E-state index in [1.165, 1.54) is 5.56 Å². The maximum absolute atomic E-state index is 12.8. The summed E-state index contributed by atoms with van der Waals surface area (Å²) in [5.74, 6) is -0.497. The van der Waals surface area contributed by atoms with E-state index in [-0.39, 0.29) is 0 Å². The lowest BCUT2D eigenvalue weighted by molar-refractivity contribution is -0.112. The maximum atomic E-state index is 12.8. The zero-order valence-electron chi connectivity index (χ0n) is 18.1. The molecular formula is C27H22N4O2. The molecule has 0 unspecified atom stereocenters. The number of H-pyrrole nitrogens is 1. The first-order valence-corrected chi connectivity index (χ1v) is 10.7. The largest absolute Gasteiger partial charge is 0.340 e. The lowest BCUT2D eigenvalue weighted by Gasteiger charge is -2.10. The van der Waals surface area contributed by atoms with Crippen molar-refractivity contribution in [2.24, 2.45) is 0 Å². The van der Waals surface area contributed by atoms with Crippen LogP contribution in [0.2, 0.25) is 0 Å². The lowest BCUT2D eigenvalue weighted by atomic mass is 10.1. The third-order valence-electron chi connectivity index (χ3n) is 5.55. The van der Waals surface area contributed by atoms with Crippen molar-refractivity contribution in [3.05, 3.63) is 108 Å². The topological polar surface area (TPSA) is 79.8 Å². The summed E-state index contributed by atoms with van der Waals surface area (Å²) < 4.78 is 1.79. The standard InChI is InChI=1S/C27H22N4O2/c1-18-8-10-19(11-9-18)17-31-16-4-7-24(31)25(32)27(33)28-21-14-12-20(13-15-21)26-29-22-5-2-3-6-23(22)30-26/h2-16H,17H2,1H3,(H,28,33)(H,29,30). The predicted octanol–water partition coefficient (Wildman–Crippen LogP) is 5.21. The molecule has 1 amide bonds. The zero-order valence-corrected chi connectivity index (χ0v) is 18.1. The summed E-state index contributed by atoms with van der Waals surface area (Å²) in [7, 11) is 0. The van der Waals surface area contributed by atoms with Crippen molar-refractivity contribution in [1.29, 1.82) is 0 Å². The SMILES string of the molecule is Cc1ccc(Cn2cccc2C(=O)C(=O)Nc2ccc(-c3nc4ccccc4[nH]3)cc2)cc1. The fraction of sp³-hybridized carbons (Fsp3) is 0.0741. The van der Waals surface area contributed by atoms with Crippen LogP contribution in [0.25, 0.3) is 22.4 Å². The number of rotatable bonds is 6. The molecule has 0 bridgehead atoms. The van der Waals surface area contributed by atoms with Crippen LogP contribution in [0.15, 0.2) is 91.1 Å². The van der Waals surface area contributed by atoms with Crippen LogP contribution in [0.5, 0.6) is 0 Å². The summed E-state index contributed by atoms with van der Waals surface area (Å²) in [6.45, 7) is 2.55. The van der Waals surface area contributed by atoms with Gasteiger partial charge in [0.15, 0.2) is 0 Å². The normalized spacial score (nSPS) is 10.9. The number of Topliss-reactive ketones (excluding diaryl/α,β-unsaturated/α-hetero) is 1. The average Bonchev–Trinajstić information content (AvgIpc) is 3.47. The second kappa shape index (κ2) is 8.59. The van der Waals surface area contributed by atoms with Crippen LogP contribution in [0.4, 0.5) is 5.69 Å². The number of anilines is 1. The highest BCUT2D eigenvalue weighted by Gasteiger charge is 2.20. The first kappa shape index (κ1) is 20.5. The van der Waals surface area contributed by atoms with E-state index >= 15 is 0 Å². The van der Waals surface area contributed by atoms with E-state index in [0.29, 0.717) is 17.9 Å². The van der Waals surface area contributed by atoms with E-state index in [1.807, 2.05) is 73.8 Å². The molecule has 162 valence electrons. The van der Waals surface area contributed by atoms with Crippen molar-refractivity contribution in [1.82, 2.24) is 14.5 Å². The number of para-hydroxylation sites is 2. The molecule has 0 fully saturated rings. The number of carbonyl (C=O) groups is 2. The number of fused-ring (bicyclic) bond motifs is 1. The summed E-state index contributed by atoms with van der Waals surface area (Å²) in [5.41, 5.74) is 5.88. The zero-order chi connectivity index (χ0) is 22.8. The molecule has 2 N–H and O–H groups in total. The number of aromatic nitrogens is 3. The minimum absolute atomic E-state index is 0.354. The number of ketones is 1. The highest BCUT2D eigenvalue weighted by molar-refractivity contribution is 6.46. The molecule has 2 aromatic heterocycles. The Morgan fingerprint density at radius 2 is 1.67 bits per heavy atom. The van der Waals surface area contributed by atoms with Crippen molar-refractivity contribution in [3.8, 4) is 11.4 Å². The smallest absolute Gasteiger partial charge is 0.298 e. The molecule has 0 aliphatic carbocycles. The number of nitrogens with zero attached hydrogens (tertiary/aromatic N) is 2. The minimum Gasteiger partial charge on any atom is -0.340 e. The van der Waals surface area contributed by atoms with Crippen LogP contribution >= 0.6 is 0 Å². The average molecular weight is 434 g/mol. The summed E-state index contributed by atoms with van der Waals surface area (Å²) in [4.78, 5) is 33.3. The summed E-state index contributed by atoms with van der Waals surface area (Å²) in [6.07, 6.45) is 1.81. The molecule has 0 atom stereocenters. The van der Waals surface area contributed by atoms with E-state index in [0.717, 1.165) is 28.0 Å². The number of carbonyl (C=O) groups excluding carboxylic acids is 2.